The molecule has 1 heterocycles. The summed E-state index contributed by atoms with van der Waals surface area (Å²) in [5.74, 6) is 2.53. The molecule has 0 radical (unpaired) electrons. The zero-order chi connectivity index (χ0) is 12.1. The highest BCUT2D eigenvalue weighted by Crippen LogP contribution is 2.39. The second-order valence-corrected chi connectivity index (χ2v) is 4.54. The quantitative estimate of drug-likeness (QED) is 0.788. The Morgan fingerprint density at radius 2 is 2.24 bits per heavy atom. The fourth-order valence-corrected chi connectivity index (χ4v) is 1.75. The molecule has 0 saturated heterocycles. The van der Waals surface area contributed by atoms with Gasteiger partial charge in [-0.25, -0.2) is 9.97 Å². The standard InChI is InChI=1S/C13H21N3O/c1-3-7-14-13-9-11(10-4-5-10)15-12(16-13)6-8-17-2/h9-10H,3-8H2,1-2H3,(H,14,15,16). The van der Waals surface area contributed by atoms with Crippen LogP contribution in [0.2, 0.25) is 0 Å². The topological polar surface area (TPSA) is 47.0 Å². The Morgan fingerprint density at radius 3 is 2.88 bits per heavy atom. The molecule has 94 valence electrons. The molecule has 1 N–H and O–H groups in total. The minimum Gasteiger partial charge on any atom is -0.384 e. The van der Waals surface area contributed by atoms with Gasteiger partial charge < -0.3 is 10.1 Å². The van der Waals surface area contributed by atoms with E-state index in [0.717, 1.165) is 31.0 Å². The summed E-state index contributed by atoms with van der Waals surface area (Å²) in [4.78, 5) is 9.13. The first-order valence-electron chi connectivity index (χ1n) is 6.44. The van der Waals surface area contributed by atoms with Crippen molar-refractivity contribution in [2.75, 3.05) is 25.6 Å². The Bertz CT molecular complexity index is 337. The van der Waals surface area contributed by atoms with Gasteiger partial charge in [-0.1, -0.05) is 6.92 Å². The molecule has 17 heavy (non-hydrogen) atoms. The van der Waals surface area contributed by atoms with Crippen molar-refractivity contribution in [1.29, 1.82) is 0 Å². The molecule has 1 aliphatic carbocycles. The van der Waals surface area contributed by atoms with Gasteiger partial charge in [-0.05, 0) is 19.3 Å². The Hall–Kier alpha value is -1.16. The molecule has 0 bridgehead atoms. The second kappa shape index (κ2) is 5.96. The highest BCUT2D eigenvalue weighted by molar-refractivity contribution is 5.38. The third-order valence-corrected chi connectivity index (χ3v) is 2.87. The van der Waals surface area contributed by atoms with Crippen LogP contribution in [0, 0.1) is 0 Å². The molecule has 1 saturated carbocycles. The van der Waals surface area contributed by atoms with Gasteiger partial charge in [-0.2, -0.15) is 0 Å². The fourth-order valence-electron chi connectivity index (χ4n) is 1.75. The normalized spacial score (nSPS) is 14.9. The number of rotatable bonds is 7. The van der Waals surface area contributed by atoms with Crippen molar-refractivity contribution in [2.45, 2.75) is 38.5 Å². The molecule has 4 heteroatoms. The first-order valence-corrected chi connectivity index (χ1v) is 6.44. The lowest BCUT2D eigenvalue weighted by molar-refractivity contribution is 0.200. The van der Waals surface area contributed by atoms with Gasteiger partial charge in [0.2, 0.25) is 0 Å². The van der Waals surface area contributed by atoms with Gasteiger partial charge in [-0.15, -0.1) is 0 Å². The summed E-state index contributed by atoms with van der Waals surface area (Å²) < 4.78 is 5.08. The Kier molecular flexibility index (Phi) is 4.31. The molecule has 0 spiro atoms. The Labute approximate surface area is 103 Å². The van der Waals surface area contributed by atoms with Gasteiger partial charge in [0.25, 0.3) is 0 Å². The van der Waals surface area contributed by atoms with Crippen molar-refractivity contribution in [1.82, 2.24) is 9.97 Å². The van der Waals surface area contributed by atoms with Crippen LogP contribution in [0.4, 0.5) is 5.82 Å². The van der Waals surface area contributed by atoms with Crippen LogP contribution >= 0.6 is 0 Å². The van der Waals surface area contributed by atoms with E-state index in [1.54, 1.807) is 7.11 Å². The SMILES string of the molecule is CCCNc1cc(C2CC2)nc(CCOC)n1. The first kappa shape index (κ1) is 12.3. The lowest BCUT2D eigenvalue weighted by Gasteiger charge is -2.08. The largest absolute Gasteiger partial charge is 0.384 e. The van der Waals surface area contributed by atoms with Crippen LogP contribution in [0.25, 0.3) is 0 Å². The molecule has 1 aromatic heterocycles. The van der Waals surface area contributed by atoms with Crippen LogP contribution in [-0.4, -0.2) is 30.2 Å². The van der Waals surface area contributed by atoms with E-state index in [1.807, 2.05) is 0 Å². The van der Waals surface area contributed by atoms with E-state index < -0.39 is 0 Å². The predicted molar refractivity (Wildman–Crippen MR) is 68.4 cm³/mol. The lowest BCUT2D eigenvalue weighted by Crippen LogP contribution is -2.08. The average Bonchev–Trinajstić information content (AvgIpc) is 3.18. The first-order chi connectivity index (χ1) is 8.33. The molecule has 1 aromatic rings. The zero-order valence-electron chi connectivity index (χ0n) is 10.7. The van der Waals surface area contributed by atoms with E-state index in [0.29, 0.717) is 12.5 Å². The van der Waals surface area contributed by atoms with E-state index in [4.69, 9.17) is 4.74 Å². The molecule has 0 unspecified atom stereocenters. The van der Waals surface area contributed by atoms with Gasteiger partial charge in [0, 0.05) is 37.8 Å². The van der Waals surface area contributed by atoms with E-state index in [9.17, 15) is 0 Å². The molecule has 2 rings (SSSR count). The van der Waals surface area contributed by atoms with Crippen molar-refractivity contribution >= 4 is 5.82 Å². The Balaban J connectivity index is 2.10. The number of anilines is 1. The maximum atomic E-state index is 5.08. The van der Waals surface area contributed by atoms with Gasteiger partial charge in [0.1, 0.15) is 11.6 Å². The number of aromatic nitrogens is 2. The highest BCUT2D eigenvalue weighted by Gasteiger charge is 2.26. The van der Waals surface area contributed by atoms with Crippen molar-refractivity contribution < 1.29 is 4.74 Å². The van der Waals surface area contributed by atoms with Gasteiger partial charge in [0.15, 0.2) is 0 Å². The lowest BCUT2D eigenvalue weighted by atomic mass is 10.2. The summed E-state index contributed by atoms with van der Waals surface area (Å²) in [6.45, 7) is 3.80. The van der Waals surface area contributed by atoms with Crippen LogP contribution < -0.4 is 5.32 Å². The van der Waals surface area contributed by atoms with Crippen molar-refractivity contribution in [3.63, 3.8) is 0 Å². The molecule has 0 aromatic carbocycles. The van der Waals surface area contributed by atoms with Crippen LogP contribution in [0.1, 0.15) is 43.6 Å². The van der Waals surface area contributed by atoms with Crippen LogP contribution in [0.5, 0.6) is 0 Å². The summed E-state index contributed by atoms with van der Waals surface area (Å²) in [7, 11) is 1.71. The summed E-state index contributed by atoms with van der Waals surface area (Å²) in [5, 5.41) is 3.34. The molecular formula is C13H21N3O. The smallest absolute Gasteiger partial charge is 0.133 e. The number of ether oxygens (including phenoxy) is 1. The fraction of sp³-hybridized carbons (Fsp3) is 0.692. The number of hydrogen-bond acceptors (Lipinski definition) is 4. The van der Waals surface area contributed by atoms with E-state index in [1.165, 1.54) is 18.5 Å². The molecular weight excluding hydrogens is 214 g/mol. The minimum absolute atomic E-state index is 0.668. The minimum atomic E-state index is 0.668. The number of nitrogens with zero attached hydrogens (tertiary/aromatic N) is 2. The number of methoxy groups -OCH3 is 1. The summed E-state index contributed by atoms with van der Waals surface area (Å²) in [5.41, 5.74) is 1.20. The summed E-state index contributed by atoms with van der Waals surface area (Å²) >= 11 is 0. The Morgan fingerprint density at radius 1 is 1.41 bits per heavy atom. The molecule has 1 aliphatic rings. The van der Waals surface area contributed by atoms with Gasteiger partial charge in [-0.3, -0.25) is 0 Å². The maximum absolute atomic E-state index is 5.08. The van der Waals surface area contributed by atoms with Gasteiger partial charge >= 0.3 is 0 Å². The van der Waals surface area contributed by atoms with E-state index in [-0.39, 0.29) is 0 Å². The molecule has 1 fully saturated rings. The maximum Gasteiger partial charge on any atom is 0.133 e. The van der Waals surface area contributed by atoms with Crippen molar-refractivity contribution in [2.24, 2.45) is 0 Å². The van der Waals surface area contributed by atoms with Crippen molar-refractivity contribution in [3.05, 3.63) is 17.6 Å². The molecule has 4 nitrogen and oxygen atoms in total. The highest BCUT2D eigenvalue weighted by atomic mass is 16.5. The summed E-state index contributed by atoms with van der Waals surface area (Å²) in [6.07, 6.45) is 4.44. The predicted octanol–water partition coefficient (Wildman–Crippen LogP) is 2.36. The second-order valence-electron chi connectivity index (χ2n) is 4.54. The van der Waals surface area contributed by atoms with E-state index >= 15 is 0 Å². The number of hydrogen-bond donors (Lipinski definition) is 1. The monoisotopic (exact) mass is 235 g/mol. The van der Waals surface area contributed by atoms with Crippen LogP contribution in [0.3, 0.4) is 0 Å². The van der Waals surface area contributed by atoms with Crippen LogP contribution in [0.15, 0.2) is 6.07 Å². The third-order valence-electron chi connectivity index (χ3n) is 2.87. The van der Waals surface area contributed by atoms with Gasteiger partial charge in [0.05, 0.1) is 6.61 Å². The molecule has 0 amide bonds. The average molecular weight is 235 g/mol. The third kappa shape index (κ3) is 3.66. The summed E-state index contributed by atoms with van der Waals surface area (Å²) in [6, 6.07) is 2.10. The molecule has 0 aliphatic heterocycles. The van der Waals surface area contributed by atoms with Crippen molar-refractivity contribution in [3.8, 4) is 0 Å². The van der Waals surface area contributed by atoms with Crippen LogP contribution in [-0.2, 0) is 11.2 Å². The zero-order valence-corrected chi connectivity index (χ0v) is 10.7. The number of nitrogens with one attached hydrogen (secondary N) is 1. The molecule has 0 atom stereocenters. The van der Waals surface area contributed by atoms with E-state index in [2.05, 4.69) is 28.3 Å².